The average molecular weight is 511 g/mol. The number of allylic oxidation sites excluding steroid dienone is 28. The van der Waals surface area contributed by atoms with Gasteiger partial charge in [0.25, 0.3) is 0 Å². The highest BCUT2D eigenvalue weighted by Gasteiger charge is 2.35. The molecule has 9 rings (SSSR count). The number of aryl methyl sites for hydroxylation is 2. The van der Waals surface area contributed by atoms with Gasteiger partial charge in [-0.15, -0.1) is 0 Å². The molecule has 1 aromatic rings. The Hall–Kier alpha value is -4.42. The number of hydrogen-bond donors (Lipinski definition) is 0. The molecule has 0 N–H and O–H groups in total. The Morgan fingerprint density at radius 2 is 1.27 bits per heavy atom. The molecular weight excluding hydrogens is 480 g/mol. The fraction of sp³-hybridized carbons (Fsp3) is 0.150. The van der Waals surface area contributed by atoms with Crippen LogP contribution in [-0.4, -0.2) is 0 Å². The summed E-state index contributed by atoms with van der Waals surface area (Å²) in [5.41, 5.74) is 22.6. The quantitative estimate of drug-likeness (QED) is 0.372. The topological polar surface area (TPSA) is 0 Å². The molecule has 2 atom stereocenters. The summed E-state index contributed by atoms with van der Waals surface area (Å²) in [6, 6.07) is 4.87. The number of hydrogen-bond acceptors (Lipinski definition) is 0. The number of rotatable bonds is 2. The molecule has 8 aliphatic carbocycles. The lowest BCUT2D eigenvalue weighted by molar-refractivity contribution is 0.838. The summed E-state index contributed by atoms with van der Waals surface area (Å²) in [6.07, 6.45) is 39.4. The first kappa shape index (κ1) is 22.4. The van der Waals surface area contributed by atoms with Crippen molar-refractivity contribution in [2.24, 2.45) is 11.8 Å². The van der Waals surface area contributed by atoms with Crippen LogP contribution in [0.1, 0.15) is 35.1 Å². The average Bonchev–Trinajstić information content (AvgIpc) is 2.99. The van der Waals surface area contributed by atoms with Crippen LogP contribution in [0.5, 0.6) is 0 Å². The van der Waals surface area contributed by atoms with Crippen molar-refractivity contribution in [3.8, 4) is 0 Å². The van der Waals surface area contributed by atoms with Crippen molar-refractivity contribution >= 4 is 11.1 Å². The summed E-state index contributed by atoms with van der Waals surface area (Å²) in [5, 5.41) is 0. The van der Waals surface area contributed by atoms with Gasteiger partial charge in [0.05, 0.1) is 0 Å². The van der Waals surface area contributed by atoms with Gasteiger partial charge in [-0.05, 0) is 116 Å². The molecule has 0 bridgehead atoms. The summed E-state index contributed by atoms with van der Waals surface area (Å²) in [6.45, 7) is 4.58. The third-order valence-corrected chi connectivity index (χ3v) is 9.89. The maximum absolute atomic E-state index is 2.46. The van der Waals surface area contributed by atoms with Crippen LogP contribution in [-0.2, 0) is 0 Å². The number of benzene rings is 1. The van der Waals surface area contributed by atoms with Crippen LogP contribution in [0.4, 0.5) is 0 Å². The Morgan fingerprint density at radius 3 is 2.23 bits per heavy atom. The molecule has 0 radical (unpaired) electrons. The standard InChI is InChI=1S/C40H30/c1-23-17-36(34-21-31-15-11-27-7-4-8-28-12-16-32(22-34)40(31)38(27)28)24(2)18-35(23)33-19-29-13-9-25-5-3-6-26-10-14-30(20-33)39(29)37(25)26/h3-7,9-19,21-22,37,40H,8,20H2,1-2H3. The van der Waals surface area contributed by atoms with E-state index in [2.05, 4.69) is 123 Å². The van der Waals surface area contributed by atoms with Crippen LogP contribution < -0.4 is 0 Å². The molecule has 40 heavy (non-hydrogen) atoms. The molecule has 1 aromatic carbocycles. The van der Waals surface area contributed by atoms with E-state index >= 15 is 0 Å². The first-order valence-corrected chi connectivity index (χ1v) is 14.6. The van der Waals surface area contributed by atoms with E-state index in [1.807, 2.05) is 0 Å². The molecule has 8 aliphatic rings. The summed E-state index contributed by atoms with van der Waals surface area (Å²) in [5.74, 6) is 0.801. The molecule has 0 amide bonds. The maximum atomic E-state index is 2.46. The Labute approximate surface area is 236 Å². The van der Waals surface area contributed by atoms with Gasteiger partial charge < -0.3 is 0 Å². The smallest absolute Gasteiger partial charge is 0.0349 e. The monoisotopic (exact) mass is 510 g/mol. The predicted molar refractivity (Wildman–Crippen MR) is 167 cm³/mol. The minimum Gasteiger partial charge on any atom is -0.0795 e. The molecule has 0 aromatic heterocycles. The van der Waals surface area contributed by atoms with Gasteiger partial charge in [0.15, 0.2) is 0 Å². The van der Waals surface area contributed by atoms with E-state index in [-0.39, 0.29) is 0 Å². The van der Waals surface area contributed by atoms with Crippen LogP contribution in [0.2, 0.25) is 0 Å². The minimum atomic E-state index is 0.390. The normalized spacial score (nSPS) is 26.1. The van der Waals surface area contributed by atoms with Crippen molar-refractivity contribution in [1.82, 2.24) is 0 Å². The molecule has 0 nitrogen and oxygen atoms in total. The van der Waals surface area contributed by atoms with E-state index in [4.69, 9.17) is 0 Å². The molecule has 0 heteroatoms. The molecule has 2 unspecified atom stereocenters. The minimum absolute atomic E-state index is 0.390. The second-order valence-electron chi connectivity index (χ2n) is 12.2. The van der Waals surface area contributed by atoms with E-state index in [9.17, 15) is 0 Å². The van der Waals surface area contributed by atoms with Crippen LogP contribution in [0.15, 0.2) is 165 Å². The summed E-state index contributed by atoms with van der Waals surface area (Å²) >= 11 is 0. The van der Waals surface area contributed by atoms with Crippen LogP contribution in [0.3, 0.4) is 0 Å². The van der Waals surface area contributed by atoms with Crippen molar-refractivity contribution in [2.45, 2.75) is 26.7 Å². The molecule has 0 heterocycles. The molecule has 0 saturated carbocycles. The van der Waals surface area contributed by atoms with Gasteiger partial charge in [0.2, 0.25) is 0 Å². The van der Waals surface area contributed by atoms with E-state index in [0.29, 0.717) is 11.8 Å². The Morgan fingerprint density at radius 1 is 0.550 bits per heavy atom. The highest BCUT2D eigenvalue weighted by atomic mass is 14.4. The Kier molecular flexibility index (Phi) is 4.51. The maximum Gasteiger partial charge on any atom is 0.0349 e. The first-order chi connectivity index (χ1) is 19.6. The highest BCUT2D eigenvalue weighted by Crippen LogP contribution is 2.51. The fourth-order valence-electron chi connectivity index (χ4n) is 8.04. The van der Waals surface area contributed by atoms with Crippen molar-refractivity contribution in [2.75, 3.05) is 0 Å². The van der Waals surface area contributed by atoms with E-state index in [1.54, 1.807) is 0 Å². The lowest BCUT2D eigenvalue weighted by Crippen LogP contribution is -2.21. The van der Waals surface area contributed by atoms with Gasteiger partial charge >= 0.3 is 0 Å². The van der Waals surface area contributed by atoms with Crippen molar-refractivity contribution in [3.05, 3.63) is 187 Å². The summed E-state index contributed by atoms with van der Waals surface area (Å²) < 4.78 is 0. The van der Waals surface area contributed by atoms with Crippen LogP contribution in [0.25, 0.3) is 11.1 Å². The van der Waals surface area contributed by atoms with E-state index in [0.717, 1.165) is 12.8 Å². The molecule has 190 valence electrons. The fourth-order valence-corrected chi connectivity index (χ4v) is 8.04. The zero-order valence-electron chi connectivity index (χ0n) is 23.0. The highest BCUT2D eigenvalue weighted by molar-refractivity contribution is 5.87. The van der Waals surface area contributed by atoms with Gasteiger partial charge in [0, 0.05) is 11.8 Å². The van der Waals surface area contributed by atoms with E-state index < -0.39 is 0 Å². The third-order valence-electron chi connectivity index (χ3n) is 9.89. The van der Waals surface area contributed by atoms with Gasteiger partial charge in [-0.3, -0.25) is 0 Å². The molecule has 0 spiro atoms. The SMILES string of the molecule is Cc1cc(C2=CC3=CC=C4C=CC=C5C=CC(=C3C54)C2)c(C)cc1C1=CC2=CC=C3C=CCC4=C3C2C(=C1)C=C4. The van der Waals surface area contributed by atoms with Crippen LogP contribution in [0, 0.1) is 25.7 Å². The molecule has 0 fully saturated rings. The third kappa shape index (κ3) is 3.08. The summed E-state index contributed by atoms with van der Waals surface area (Å²) in [4.78, 5) is 0. The van der Waals surface area contributed by atoms with Crippen molar-refractivity contribution < 1.29 is 0 Å². The molecular formula is C40H30. The molecule has 0 saturated heterocycles. The second-order valence-corrected chi connectivity index (χ2v) is 12.2. The second kappa shape index (κ2) is 8.05. The van der Waals surface area contributed by atoms with Crippen molar-refractivity contribution in [1.29, 1.82) is 0 Å². The Bertz CT molecular complexity index is 1930. The van der Waals surface area contributed by atoms with Gasteiger partial charge in [-0.25, -0.2) is 0 Å². The van der Waals surface area contributed by atoms with Crippen LogP contribution >= 0.6 is 0 Å². The lowest BCUT2D eigenvalue weighted by Gasteiger charge is -2.36. The predicted octanol–water partition coefficient (Wildman–Crippen LogP) is 9.57. The lowest BCUT2D eigenvalue weighted by atomic mass is 9.67. The molecule has 0 aliphatic heterocycles. The van der Waals surface area contributed by atoms with E-state index in [1.165, 1.54) is 89.1 Å². The van der Waals surface area contributed by atoms with Gasteiger partial charge in [0.1, 0.15) is 0 Å². The first-order valence-electron chi connectivity index (χ1n) is 14.6. The van der Waals surface area contributed by atoms with Gasteiger partial charge in [-0.2, -0.15) is 0 Å². The summed E-state index contributed by atoms with van der Waals surface area (Å²) in [7, 11) is 0. The van der Waals surface area contributed by atoms with Gasteiger partial charge in [-0.1, -0.05) is 109 Å². The zero-order chi connectivity index (χ0) is 26.5. The van der Waals surface area contributed by atoms with Crippen molar-refractivity contribution in [3.63, 3.8) is 0 Å². The zero-order valence-corrected chi connectivity index (χ0v) is 23.0. The Balaban J connectivity index is 1.11. The largest absolute Gasteiger partial charge is 0.0795 e.